The van der Waals surface area contributed by atoms with Crippen LogP contribution in [0.2, 0.25) is 0 Å². The van der Waals surface area contributed by atoms with Gasteiger partial charge in [0.1, 0.15) is 18.1 Å². The first kappa shape index (κ1) is 33.7. The van der Waals surface area contributed by atoms with Gasteiger partial charge in [-0.15, -0.1) is 0 Å². The quantitative estimate of drug-likeness (QED) is 0.0954. The molecule has 2 aromatic carbocycles. The van der Waals surface area contributed by atoms with Crippen LogP contribution in [0.15, 0.2) is 60.8 Å². The fourth-order valence-electron chi connectivity index (χ4n) is 4.80. The van der Waals surface area contributed by atoms with Gasteiger partial charge in [0.05, 0.1) is 6.04 Å². The van der Waals surface area contributed by atoms with Gasteiger partial charge in [0.2, 0.25) is 17.7 Å². The van der Waals surface area contributed by atoms with Crippen LogP contribution in [0.5, 0.6) is 0 Å². The number of rotatable bonds is 18. The third-order valence-corrected chi connectivity index (χ3v) is 7.21. The van der Waals surface area contributed by atoms with Gasteiger partial charge < -0.3 is 42.6 Å². The van der Waals surface area contributed by atoms with Crippen molar-refractivity contribution < 1.29 is 34.2 Å². The molecule has 0 aliphatic carbocycles. The number of aromatic amines is 1. The molecular formula is C31H40N6O7. The molecule has 0 aliphatic heterocycles. The van der Waals surface area contributed by atoms with Gasteiger partial charge in [0.25, 0.3) is 0 Å². The molecule has 0 saturated carbocycles. The second-order valence-corrected chi connectivity index (χ2v) is 10.6. The average molecular weight is 609 g/mol. The lowest BCUT2D eigenvalue weighted by Crippen LogP contribution is -2.57. The van der Waals surface area contributed by atoms with Crippen LogP contribution in [0.1, 0.15) is 43.2 Å². The van der Waals surface area contributed by atoms with Crippen molar-refractivity contribution in [3.05, 3.63) is 71.9 Å². The van der Waals surface area contributed by atoms with Crippen LogP contribution in [0.25, 0.3) is 10.9 Å². The second kappa shape index (κ2) is 16.8. The Balaban J connectivity index is 1.76. The van der Waals surface area contributed by atoms with Gasteiger partial charge in [-0.2, -0.15) is 0 Å². The first-order valence-electron chi connectivity index (χ1n) is 14.5. The number of carboxylic acid groups (broad SMARTS) is 2. The molecule has 44 heavy (non-hydrogen) atoms. The number of benzene rings is 2. The third kappa shape index (κ3) is 10.2. The Morgan fingerprint density at radius 1 is 0.750 bits per heavy atom. The number of nitrogens with one attached hydrogen (secondary N) is 4. The summed E-state index contributed by atoms with van der Waals surface area (Å²) in [7, 11) is 0. The Morgan fingerprint density at radius 3 is 2.07 bits per heavy atom. The Morgan fingerprint density at radius 2 is 1.39 bits per heavy atom. The topological polar surface area (TPSA) is 230 Å². The highest BCUT2D eigenvalue weighted by Gasteiger charge is 2.31. The number of nitrogens with two attached hydrogens (primary N) is 2. The Labute approximate surface area is 254 Å². The van der Waals surface area contributed by atoms with Gasteiger partial charge in [-0.25, -0.2) is 4.79 Å². The predicted molar refractivity (Wildman–Crippen MR) is 163 cm³/mol. The molecule has 0 fully saturated rings. The molecular weight excluding hydrogens is 568 g/mol. The van der Waals surface area contributed by atoms with E-state index in [0.717, 1.165) is 22.0 Å². The van der Waals surface area contributed by atoms with Crippen molar-refractivity contribution in [3.8, 4) is 0 Å². The van der Waals surface area contributed by atoms with Crippen molar-refractivity contribution in [1.29, 1.82) is 0 Å². The number of aromatic nitrogens is 1. The van der Waals surface area contributed by atoms with Crippen LogP contribution < -0.4 is 27.4 Å². The molecule has 0 bridgehead atoms. The minimum atomic E-state index is -1.37. The number of aliphatic carboxylic acids is 2. The summed E-state index contributed by atoms with van der Waals surface area (Å²) in [6.45, 7) is 0.359. The first-order valence-corrected chi connectivity index (χ1v) is 14.5. The summed E-state index contributed by atoms with van der Waals surface area (Å²) >= 11 is 0. The summed E-state index contributed by atoms with van der Waals surface area (Å²) in [6.07, 6.45) is 2.38. The van der Waals surface area contributed by atoms with E-state index in [1.54, 1.807) is 36.5 Å². The minimum Gasteiger partial charge on any atom is -0.481 e. The smallest absolute Gasteiger partial charge is 0.326 e. The SMILES string of the molecule is NCCCCC(NC(=O)C(CCC(=O)O)NC(=O)C(Cc1ccccc1)NC(=O)C(N)Cc1c[nH]c2ccccc12)C(=O)O. The van der Waals surface area contributed by atoms with E-state index in [9.17, 15) is 34.2 Å². The van der Waals surface area contributed by atoms with E-state index in [-0.39, 0.29) is 25.7 Å². The number of amides is 3. The first-order chi connectivity index (χ1) is 21.1. The van der Waals surface area contributed by atoms with Crippen LogP contribution in [0, 0.1) is 0 Å². The molecule has 1 aromatic heterocycles. The van der Waals surface area contributed by atoms with Crippen LogP contribution in [-0.2, 0) is 36.8 Å². The van der Waals surface area contributed by atoms with Gasteiger partial charge in [0.15, 0.2) is 0 Å². The molecule has 1 heterocycles. The van der Waals surface area contributed by atoms with Gasteiger partial charge >= 0.3 is 11.9 Å². The number of H-pyrrole nitrogens is 1. The van der Waals surface area contributed by atoms with Crippen molar-refractivity contribution in [2.45, 2.75) is 69.1 Å². The lowest BCUT2D eigenvalue weighted by atomic mass is 10.0. The molecule has 0 aliphatic rings. The van der Waals surface area contributed by atoms with Gasteiger partial charge in [-0.1, -0.05) is 48.5 Å². The Hall–Kier alpha value is -4.75. The minimum absolute atomic E-state index is 0.0579. The Bertz CT molecular complexity index is 1430. The molecule has 4 unspecified atom stereocenters. The van der Waals surface area contributed by atoms with Crippen LogP contribution >= 0.6 is 0 Å². The summed E-state index contributed by atoms with van der Waals surface area (Å²) in [5.41, 5.74) is 14.2. The maximum absolute atomic E-state index is 13.6. The van der Waals surface area contributed by atoms with E-state index in [0.29, 0.717) is 19.4 Å². The largest absolute Gasteiger partial charge is 0.481 e. The average Bonchev–Trinajstić information content (AvgIpc) is 3.41. The molecule has 3 rings (SSSR count). The molecule has 13 heteroatoms. The van der Waals surface area contributed by atoms with E-state index in [1.165, 1.54) is 0 Å². The van der Waals surface area contributed by atoms with Crippen molar-refractivity contribution in [3.63, 3.8) is 0 Å². The Kier molecular flexibility index (Phi) is 12.9. The zero-order valence-corrected chi connectivity index (χ0v) is 24.3. The number of hydrogen-bond donors (Lipinski definition) is 8. The highest BCUT2D eigenvalue weighted by atomic mass is 16.4. The van der Waals surface area contributed by atoms with Crippen LogP contribution in [-0.4, -0.2) is 75.6 Å². The normalized spacial score (nSPS) is 13.8. The molecule has 0 radical (unpaired) electrons. The fourth-order valence-corrected chi connectivity index (χ4v) is 4.80. The monoisotopic (exact) mass is 608 g/mol. The summed E-state index contributed by atoms with van der Waals surface area (Å²) in [5.74, 6) is -4.66. The number of hydrogen-bond acceptors (Lipinski definition) is 7. The zero-order chi connectivity index (χ0) is 32.1. The number of carbonyl (C=O) groups is 5. The van der Waals surface area contributed by atoms with Gasteiger partial charge in [-0.3, -0.25) is 19.2 Å². The third-order valence-electron chi connectivity index (χ3n) is 7.21. The summed E-state index contributed by atoms with van der Waals surface area (Å²) in [5, 5.41) is 27.3. The lowest BCUT2D eigenvalue weighted by molar-refractivity contribution is -0.143. The maximum Gasteiger partial charge on any atom is 0.326 e. The second-order valence-electron chi connectivity index (χ2n) is 10.6. The molecule has 0 spiro atoms. The van der Waals surface area contributed by atoms with E-state index in [2.05, 4.69) is 20.9 Å². The van der Waals surface area contributed by atoms with Crippen LogP contribution in [0.4, 0.5) is 0 Å². The summed E-state index contributed by atoms with van der Waals surface area (Å²) in [6, 6.07) is 11.7. The fraction of sp³-hybridized carbons (Fsp3) is 0.387. The molecule has 3 amide bonds. The highest BCUT2D eigenvalue weighted by Crippen LogP contribution is 2.19. The summed E-state index contributed by atoms with van der Waals surface area (Å²) in [4.78, 5) is 66.1. The molecule has 236 valence electrons. The summed E-state index contributed by atoms with van der Waals surface area (Å²) < 4.78 is 0. The van der Waals surface area contributed by atoms with E-state index in [4.69, 9.17) is 11.5 Å². The zero-order valence-electron chi connectivity index (χ0n) is 24.3. The molecule has 4 atom stereocenters. The number of fused-ring (bicyclic) bond motifs is 1. The maximum atomic E-state index is 13.6. The molecule has 13 nitrogen and oxygen atoms in total. The number of carbonyl (C=O) groups excluding carboxylic acids is 3. The predicted octanol–water partition coefficient (Wildman–Crippen LogP) is 0.813. The standard InChI is InChI=1S/C31H40N6O7/c32-15-7-6-12-25(31(43)44)36-29(41)24(13-14-27(38)39)35-30(42)26(16-19-8-2-1-3-9-19)37-28(40)22(33)17-20-18-34-23-11-5-4-10-21(20)23/h1-5,8-11,18,22,24-26,34H,6-7,12-17,32-33H2,(H,35,42)(H,36,41)(H,37,40)(H,38,39)(H,43,44). The van der Waals surface area contributed by atoms with Crippen molar-refractivity contribution in [2.75, 3.05) is 6.54 Å². The van der Waals surface area contributed by atoms with E-state index in [1.807, 2.05) is 24.3 Å². The van der Waals surface area contributed by atoms with Crippen LogP contribution in [0.3, 0.4) is 0 Å². The van der Waals surface area contributed by atoms with Crippen molar-refractivity contribution >= 4 is 40.6 Å². The number of unbranched alkanes of at least 4 members (excludes halogenated alkanes) is 1. The number of para-hydroxylation sites is 1. The number of carboxylic acids is 2. The van der Waals surface area contributed by atoms with E-state index >= 15 is 0 Å². The van der Waals surface area contributed by atoms with Crippen molar-refractivity contribution in [2.24, 2.45) is 11.5 Å². The van der Waals surface area contributed by atoms with E-state index < -0.39 is 60.2 Å². The van der Waals surface area contributed by atoms with Crippen molar-refractivity contribution in [1.82, 2.24) is 20.9 Å². The molecule has 10 N–H and O–H groups in total. The lowest BCUT2D eigenvalue weighted by Gasteiger charge is -2.25. The molecule has 3 aromatic rings. The highest BCUT2D eigenvalue weighted by molar-refractivity contribution is 5.94. The van der Waals surface area contributed by atoms with Gasteiger partial charge in [0, 0.05) is 29.9 Å². The van der Waals surface area contributed by atoms with Gasteiger partial charge in [-0.05, 0) is 55.8 Å². The molecule has 0 saturated heterocycles.